The van der Waals surface area contributed by atoms with Crippen LogP contribution in [0.25, 0.3) is 22.1 Å². The molecule has 238 valence electrons. The van der Waals surface area contributed by atoms with Crippen molar-refractivity contribution in [1.29, 1.82) is 0 Å². The Bertz CT molecular complexity index is 1880. The molecule has 0 aliphatic carbocycles. The van der Waals surface area contributed by atoms with Gasteiger partial charge in [0.1, 0.15) is 17.0 Å². The van der Waals surface area contributed by atoms with E-state index in [0.717, 1.165) is 45.1 Å². The molecule has 5 heterocycles. The van der Waals surface area contributed by atoms with Gasteiger partial charge in [0.05, 0.1) is 27.5 Å². The second-order valence-corrected chi connectivity index (χ2v) is 12.3. The number of hydrogen-bond acceptors (Lipinski definition) is 10. The number of likely N-dealkylation sites (N-methyl/N-ethyl adjacent to an activating group) is 1. The van der Waals surface area contributed by atoms with E-state index < -0.39 is 11.7 Å². The number of rotatable bonds is 7. The first-order valence-electron chi connectivity index (χ1n) is 15.1. The Kier molecular flexibility index (Phi) is 8.18. The van der Waals surface area contributed by atoms with Crippen molar-refractivity contribution in [3.8, 4) is 0 Å². The molecule has 0 bridgehead atoms. The highest BCUT2D eigenvalue weighted by Gasteiger charge is 2.37. The van der Waals surface area contributed by atoms with Crippen LogP contribution in [0.5, 0.6) is 0 Å². The summed E-state index contributed by atoms with van der Waals surface area (Å²) in [5.41, 5.74) is 1.72. The van der Waals surface area contributed by atoms with E-state index >= 15 is 0 Å². The number of piperazine rings is 1. The molecule has 0 saturated carbocycles. The molecule has 2 aliphatic rings. The molecular formula is C31H32F3N10OP. The van der Waals surface area contributed by atoms with E-state index in [1.807, 2.05) is 4.90 Å². The van der Waals surface area contributed by atoms with Crippen molar-refractivity contribution in [3.05, 3.63) is 60.6 Å². The van der Waals surface area contributed by atoms with Gasteiger partial charge < -0.3 is 25.4 Å². The lowest BCUT2D eigenvalue weighted by atomic mass is 10.00. The quantitative estimate of drug-likeness (QED) is 0.194. The Balaban J connectivity index is 1.14. The smallest absolute Gasteiger partial charge is 0.371 e. The average molecular weight is 649 g/mol. The van der Waals surface area contributed by atoms with Crippen molar-refractivity contribution in [1.82, 2.24) is 34.7 Å². The van der Waals surface area contributed by atoms with Crippen LogP contribution in [0, 0.1) is 0 Å². The number of nitrogens with zero attached hydrogens (tertiary/aromatic N) is 7. The van der Waals surface area contributed by atoms with Gasteiger partial charge in [-0.2, -0.15) is 23.1 Å². The Morgan fingerprint density at radius 1 is 0.935 bits per heavy atom. The number of nitrogens with one attached hydrogen (secondary N) is 3. The van der Waals surface area contributed by atoms with Crippen LogP contribution in [0.1, 0.15) is 18.4 Å². The fourth-order valence-corrected chi connectivity index (χ4v) is 6.83. The first kappa shape index (κ1) is 30.3. The van der Waals surface area contributed by atoms with E-state index in [1.165, 1.54) is 12.3 Å². The second kappa shape index (κ2) is 12.4. The number of hydrogen-bond donors (Lipinski definition) is 3. The van der Waals surface area contributed by atoms with Gasteiger partial charge >= 0.3 is 6.18 Å². The molecule has 2 aromatic carbocycles. The summed E-state index contributed by atoms with van der Waals surface area (Å²) in [5.74, 6) is 0.464. The molecule has 15 heteroatoms. The topological polar surface area (TPSA) is 118 Å². The van der Waals surface area contributed by atoms with Crippen LogP contribution in [-0.2, 0) is 10.7 Å². The molecule has 0 atom stereocenters. The van der Waals surface area contributed by atoms with Crippen LogP contribution in [0.15, 0.2) is 55.0 Å². The number of aromatic nitrogens is 5. The first-order chi connectivity index (χ1) is 22.3. The van der Waals surface area contributed by atoms with Crippen LogP contribution >= 0.6 is 8.46 Å². The monoisotopic (exact) mass is 648 g/mol. The summed E-state index contributed by atoms with van der Waals surface area (Å²) in [7, 11) is 1.85. The minimum absolute atomic E-state index is 0.0909. The molecule has 11 nitrogen and oxygen atoms in total. The van der Waals surface area contributed by atoms with Gasteiger partial charge in [0.25, 0.3) is 0 Å². The van der Waals surface area contributed by atoms with E-state index in [4.69, 9.17) is 0 Å². The zero-order valence-electron chi connectivity index (χ0n) is 25.1. The minimum atomic E-state index is -4.55. The van der Waals surface area contributed by atoms with Gasteiger partial charge in [-0.15, -0.1) is 0 Å². The number of halogens is 3. The molecular weight excluding hydrogens is 616 g/mol. The van der Waals surface area contributed by atoms with Crippen molar-refractivity contribution in [2.24, 2.45) is 0 Å². The van der Waals surface area contributed by atoms with Gasteiger partial charge in [-0.1, -0.05) is 0 Å². The summed E-state index contributed by atoms with van der Waals surface area (Å²) in [6.45, 7) is 5.17. The summed E-state index contributed by atoms with van der Waals surface area (Å²) < 4.78 is 55.4. The third-order valence-corrected chi connectivity index (χ3v) is 9.43. The number of piperidine rings is 1. The molecule has 5 aromatic rings. The first-order valence-corrected chi connectivity index (χ1v) is 15.9. The lowest BCUT2D eigenvalue weighted by Crippen LogP contribution is -2.52. The SMILES string of the molecule is CN1CCN(C2CCN(c3ccc(Nc4nc(Nc5ccc6nccnc6c5P=O)c5cc[nH]c5n4)cc3C(F)(F)F)CC2)CC1. The molecule has 0 unspecified atom stereocenters. The summed E-state index contributed by atoms with van der Waals surface area (Å²) in [6, 6.07) is 9.94. The average Bonchev–Trinajstić information content (AvgIpc) is 3.54. The number of alkyl halides is 3. The van der Waals surface area contributed by atoms with E-state index in [0.29, 0.717) is 58.0 Å². The molecule has 7 rings (SSSR count). The van der Waals surface area contributed by atoms with Crippen molar-refractivity contribution < 1.29 is 17.7 Å². The number of aromatic amines is 1. The summed E-state index contributed by atoms with van der Waals surface area (Å²) in [5, 5.41) is 7.23. The fraction of sp³-hybridized carbons (Fsp3) is 0.355. The molecule has 2 saturated heterocycles. The Morgan fingerprint density at radius 2 is 1.72 bits per heavy atom. The molecule has 0 radical (unpaired) electrons. The normalized spacial score (nSPS) is 17.3. The van der Waals surface area contributed by atoms with Crippen LogP contribution in [0.3, 0.4) is 0 Å². The van der Waals surface area contributed by atoms with Crippen LogP contribution in [0.2, 0.25) is 0 Å². The minimum Gasteiger partial charge on any atom is -0.371 e. The zero-order chi connectivity index (χ0) is 31.8. The maximum Gasteiger partial charge on any atom is 0.418 e. The van der Waals surface area contributed by atoms with Crippen LogP contribution in [-0.4, -0.2) is 87.1 Å². The van der Waals surface area contributed by atoms with Gasteiger partial charge in [0.2, 0.25) is 5.95 Å². The number of H-pyrrole nitrogens is 1. The number of anilines is 5. The standard InChI is InChI=1S/C31H32F3N10OP/c1-42-14-16-43(17-15-42)20-7-12-44(13-8-20)25-5-2-19(18-22(25)31(32,33)34)38-30-40-28-21(6-9-37-28)29(41-30)39-24-4-3-23-26(27(24)46-45)36-11-10-35-23/h2-6,9-11,18,20H,7-8,12-17H2,1H3,(H3,37,38,39,40,41). The summed E-state index contributed by atoms with van der Waals surface area (Å²) in [6.07, 6.45) is 1.88. The van der Waals surface area contributed by atoms with Crippen LogP contribution in [0.4, 0.5) is 42.0 Å². The maximum absolute atomic E-state index is 14.4. The largest absolute Gasteiger partial charge is 0.418 e. The fourth-order valence-electron chi connectivity index (χ4n) is 6.34. The predicted molar refractivity (Wildman–Crippen MR) is 173 cm³/mol. The van der Waals surface area contributed by atoms with Gasteiger partial charge in [0, 0.05) is 75.3 Å². The molecule has 3 N–H and O–H groups in total. The van der Waals surface area contributed by atoms with E-state index in [9.17, 15) is 17.7 Å². The Labute approximate surface area is 264 Å². The van der Waals surface area contributed by atoms with Crippen molar-refractivity contribution in [3.63, 3.8) is 0 Å². The van der Waals surface area contributed by atoms with Gasteiger partial charge in [-0.05, 0) is 56.3 Å². The predicted octanol–water partition coefficient (Wildman–Crippen LogP) is 5.54. The van der Waals surface area contributed by atoms with Crippen molar-refractivity contribution >= 4 is 64.7 Å². The van der Waals surface area contributed by atoms with Gasteiger partial charge in [-0.3, -0.25) is 19.4 Å². The van der Waals surface area contributed by atoms with E-state index in [1.54, 1.807) is 36.7 Å². The maximum atomic E-state index is 14.4. The number of benzene rings is 2. The lowest BCUT2D eigenvalue weighted by molar-refractivity contribution is -0.137. The lowest BCUT2D eigenvalue weighted by Gasteiger charge is -2.43. The van der Waals surface area contributed by atoms with Crippen molar-refractivity contribution in [2.45, 2.75) is 25.1 Å². The third kappa shape index (κ3) is 6.07. The van der Waals surface area contributed by atoms with Gasteiger partial charge in [-0.25, -0.2) is 0 Å². The van der Waals surface area contributed by atoms with Crippen LogP contribution < -0.4 is 20.8 Å². The highest BCUT2D eigenvalue weighted by Crippen LogP contribution is 2.40. The summed E-state index contributed by atoms with van der Waals surface area (Å²) >= 11 is 0. The molecule has 3 aromatic heterocycles. The van der Waals surface area contributed by atoms with E-state index in [2.05, 4.69) is 52.4 Å². The Morgan fingerprint density at radius 3 is 2.48 bits per heavy atom. The molecule has 2 aliphatic heterocycles. The highest BCUT2D eigenvalue weighted by molar-refractivity contribution is 7.35. The second-order valence-electron chi connectivity index (χ2n) is 11.7. The Hall–Kier alpha value is -4.39. The van der Waals surface area contributed by atoms with E-state index in [-0.39, 0.29) is 25.8 Å². The number of fused-ring (bicyclic) bond motifs is 2. The third-order valence-electron chi connectivity index (χ3n) is 8.79. The van der Waals surface area contributed by atoms with Crippen molar-refractivity contribution in [2.75, 3.05) is 61.8 Å². The van der Waals surface area contributed by atoms with Gasteiger partial charge in [0.15, 0.2) is 8.46 Å². The molecule has 0 amide bonds. The highest BCUT2D eigenvalue weighted by atomic mass is 31.1. The molecule has 0 spiro atoms. The molecule has 2 fully saturated rings. The summed E-state index contributed by atoms with van der Waals surface area (Å²) in [4.78, 5) is 27.3. The molecule has 46 heavy (non-hydrogen) atoms. The zero-order valence-corrected chi connectivity index (χ0v) is 25.9.